The number of aliphatic hydroxyl groups excluding tert-OH is 7. The summed E-state index contributed by atoms with van der Waals surface area (Å²) in [5.41, 5.74) is 0.253. The number of aliphatic hydroxyl groups is 7. The van der Waals surface area contributed by atoms with Gasteiger partial charge in [-0.15, -0.1) is 0 Å². The van der Waals surface area contributed by atoms with Gasteiger partial charge in [0.25, 0.3) is 0 Å². The number of phenolic OH excluding ortho intramolecular Hbond substituents is 2. The minimum Gasteiger partial charge on any atom is -0.508 e. The van der Waals surface area contributed by atoms with E-state index in [9.17, 15) is 55.5 Å². The predicted octanol–water partition coefficient (Wildman–Crippen LogP) is -1.82. The SMILES string of the molecule is O=C(O)CC(=O)OCC1O[C@@H](Oc2cc(O)cc3[o+]c(-c4ccc(O)cc4)c(O[C@@H]4OC(CO)[C@@H](O)C(O)C4O)cc23)C(O)[C@@H](O)[C@@H]1O. The molecule has 0 amide bonds. The highest BCUT2D eigenvalue weighted by Crippen LogP contribution is 2.42. The Morgan fingerprint density at radius 3 is 1.92 bits per heavy atom. The molecule has 2 aliphatic heterocycles. The second-order valence-corrected chi connectivity index (χ2v) is 11.0. The van der Waals surface area contributed by atoms with Gasteiger partial charge in [-0.05, 0) is 24.3 Å². The van der Waals surface area contributed by atoms with Gasteiger partial charge in [0, 0.05) is 12.1 Å². The third-order valence-electron chi connectivity index (χ3n) is 7.64. The molecule has 10 atom stereocenters. The van der Waals surface area contributed by atoms with E-state index in [4.69, 9.17) is 33.2 Å². The number of carbonyl (C=O) groups excluding carboxylic acids is 1. The molecule has 3 aromatic rings. The number of carbonyl (C=O) groups is 2. The summed E-state index contributed by atoms with van der Waals surface area (Å²) < 4.78 is 33.6. The Morgan fingerprint density at radius 1 is 0.729 bits per heavy atom. The van der Waals surface area contributed by atoms with Gasteiger partial charge in [0.1, 0.15) is 84.5 Å². The highest BCUT2D eigenvalue weighted by molar-refractivity contribution is 5.90. The van der Waals surface area contributed by atoms with E-state index < -0.39 is 98.7 Å². The van der Waals surface area contributed by atoms with Crippen molar-refractivity contribution in [2.45, 2.75) is 67.8 Å². The van der Waals surface area contributed by atoms with Crippen LogP contribution >= 0.6 is 0 Å². The lowest BCUT2D eigenvalue weighted by molar-refractivity contribution is -0.278. The molecule has 3 heterocycles. The van der Waals surface area contributed by atoms with Gasteiger partial charge in [0.2, 0.25) is 18.3 Å². The standard InChI is InChI=1S/C30H32O18/c31-9-18-22(37)24(39)26(41)30(47-18)46-17-7-14-15(44-28(17)11-1-3-12(32)4-2-11)5-13(33)6-16(14)45-29-27(42)25(40)23(38)19(48-29)10-43-21(36)8-20(34)35/h1-7,18-19,22-27,29-31,37-42H,8-10H2,(H2-,32,33,34,35)/p+1/t18?,19?,22-,23-,24?,25+,26?,27?,29-,30-/m1/s1. The van der Waals surface area contributed by atoms with Gasteiger partial charge in [-0.3, -0.25) is 9.59 Å². The number of ether oxygens (including phenoxy) is 5. The van der Waals surface area contributed by atoms with Crippen molar-refractivity contribution >= 4 is 22.9 Å². The lowest BCUT2D eigenvalue weighted by atomic mass is 9.99. The molecule has 0 spiro atoms. The molecule has 0 aliphatic carbocycles. The van der Waals surface area contributed by atoms with Crippen molar-refractivity contribution in [3.05, 3.63) is 42.5 Å². The number of aliphatic carboxylic acids is 1. The molecule has 1 aromatic heterocycles. The zero-order chi connectivity index (χ0) is 34.9. The molecule has 0 radical (unpaired) electrons. The van der Waals surface area contributed by atoms with E-state index in [0.717, 1.165) is 6.07 Å². The number of fused-ring (bicyclic) bond motifs is 1. The van der Waals surface area contributed by atoms with Crippen LogP contribution in [-0.4, -0.2) is 138 Å². The summed E-state index contributed by atoms with van der Waals surface area (Å²) in [6.07, 6.45) is -18.1. The van der Waals surface area contributed by atoms with Crippen LogP contribution in [0.2, 0.25) is 0 Å². The summed E-state index contributed by atoms with van der Waals surface area (Å²) >= 11 is 0. The number of aromatic hydroxyl groups is 2. The highest BCUT2D eigenvalue weighted by Gasteiger charge is 2.47. The summed E-state index contributed by atoms with van der Waals surface area (Å²) in [7, 11) is 0. The quantitative estimate of drug-likeness (QED) is 0.0640. The van der Waals surface area contributed by atoms with Crippen LogP contribution in [0.4, 0.5) is 0 Å². The Labute approximate surface area is 269 Å². The molecular weight excluding hydrogens is 648 g/mol. The molecule has 2 aromatic carbocycles. The van der Waals surface area contributed by atoms with Crippen molar-refractivity contribution in [2.75, 3.05) is 13.2 Å². The van der Waals surface area contributed by atoms with Gasteiger partial charge in [0.05, 0.1) is 18.2 Å². The molecule has 2 fully saturated rings. The Morgan fingerprint density at radius 2 is 1.31 bits per heavy atom. The first kappa shape index (κ1) is 35.0. The highest BCUT2D eigenvalue weighted by atomic mass is 16.7. The van der Waals surface area contributed by atoms with E-state index in [2.05, 4.69) is 0 Å². The van der Waals surface area contributed by atoms with E-state index in [1.165, 1.54) is 36.4 Å². The summed E-state index contributed by atoms with van der Waals surface area (Å²) in [6, 6.07) is 9.12. The maximum atomic E-state index is 11.7. The summed E-state index contributed by atoms with van der Waals surface area (Å²) in [5, 5.41) is 101. The zero-order valence-corrected chi connectivity index (χ0v) is 24.7. The first-order valence-electron chi connectivity index (χ1n) is 14.4. The number of hydrogen-bond acceptors (Lipinski definition) is 16. The average molecular weight is 682 g/mol. The Bertz CT molecular complexity index is 1610. The third-order valence-corrected chi connectivity index (χ3v) is 7.64. The maximum absolute atomic E-state index is 11.7. The van der Waals surface area contributed by atoms with Crippen molar-refractivity contribution in [3.63, 3.8) is 0 Å². The molecule has 18 heteroatoms. The predicted molar refractivity (Wildman–Crippen MR) is 154 cm³/mol. The molecule has 0 bridgehead atoms. The first-order valence-corrected chi connectivity index (χ1v) is 14.4. The average Bonchev–Trinajstić information content (AvgIpc) is 3.04. The molecule has 5 rings (SSSR count). The van der Waals surface area contributed by atoms with Crippen molar-refractivity contribution in [2.24, 2.45) is 0 Å². The van der Waals surface area contributed by atoms with Crippen molar-refractivity contribution < 1.29 is 88.8 Å². The van der Waals surface area contributed by atoms with Gasteiger partial charge in [-0.1, -0.05) is 0 Å². The van der Waals surface area contributed by atoms with Gasteiger partial charge in [-0.25, -0.2) is 4.42 Å². The number of benzene rings is 2. The second kappa shape index (κ2) is 14.4. The normalized spacial score (nSPS) is 30.5. The minimum atomic E-state index is -1.90. The molecule has 260 valence electrons. The van der Waals surface area contributed by atoms with Gasteiger partial charge in [-0.2, -0.15) is 0 Å². The minimum absolute atomic E-state index is 0.0239. The van der Waals surface area contributed by atoms with E-state index in [-0.39, 0.29) is 34.0 Å². The lowest BCUT2D eigenvalue weighted by Gasteiger charge is -2.40. The van der Waals surface area contributed by atoms with Crippen molar-refractivity contribution in [1.82, 2.24) is 0 Å². The summed E-state index contributed by atoms with van der Waals surface area (Å²) in [4.78, 5) is 22.5. The fourth-order valence-corrected chi connectivity index (χ4v) is 5.09. The molecule has 2 saturated heterocycles. The van der Waals surface area contributed by atoms with Crippen LogP contribution in [0, 0.1) is 0 Å². The van der Waals surface area contributed by atoms with E-state index in [1.807, 2.05) is 0 Å². The number of carboxylic acids is 1. The third kappa shape index (κ3) is 7.36. The van der Waals surface area contributed by atoms with Crippen LogP contribution in [0.1, 0.15) is 6.42 Å². The molecule has 10 N–H and O–H groups in total. The van der Waals surface area contributed by atoms with E-state index in [0.29, 0.717) is 5.56 Å². The number of rotatable bonds is 10. The van der Waals surface area contributed by atoms with Crippen LogP contribution in [0.5, 0.6) is 23.0 Å². The number of carboxylic acid groups (broad SMARTS) is 1. The molecule has 48 heavy (non-hydrogen) atoms. The first-order chi connectivity index (χ1) is 22.8. The van der Waals surface area contributed by atoms with Crippen LogP contribution in [-0.2, 0) is 23.8 Å². The smallest absolute Gasteiger partial charge is 0.402 e. The Hall–Kier alpha value is -4.37. The zero-order valence-electron chi connectivity index (χ0n) is 24.7. The maximum Gasteiger partial charge on any atom is 0.402 e. The molecule has 5 unspecified atom stereocenters. The second-order valence-electron chi connectivity index (χ2n) is 11.0. The largest absolute Gasteiger partial charge is 0.508 e. The summed E-state index contributed by atoms with van der Waals surface area (Å²) in [6.45, 7) is -1.46. The van der Waals surface area contributed by atoms with Gasteiger partial charge in [0.15, 0.2) is 0 Å². The fourth-order valence-electron chi connectivity index (χ4n) is 5.09. The Balaban J connectivity index is 1.51. The molecule has 18 nitrogen and oxygen atoms in total. The van der Waals surface area contributed by atoms with E-state index >= 15 is 0 Å². The monoisotopic (exact) mass is 681 g/mol. The summed E-state index contributed by atoms with van der Waals surface area (Å²) in [5.74, 6) is -3.61. The van der Waals surface area contributed by atoms with Crippen molar-refractivity contribution in [1.29, 1.82) is 0 Å². The van der Waals surface area contributed by atoms with Crippen LogP contribution in [0.3, 0.4) is 0 Å². The van der Waals surface area contributed by atoms with Crippen molar-refractivity contribution in [3.8, 4) is 34.3 Å². The lowest BCUT2D eigenvalue weighted by Crippen LogP contribution is -2.60. The molecule has 0 saturated carbocycles. The van der Waals surface area contributed by atoms with Gasteiger partial charge >= 0.3 is 23.3 Å². The van der Waals surface area contributed by atoms with Crippen LogP contribution in [0.25, 0.3) is 22.3 Å². The number of hydrogen-bond donors (Lipinski definition) is 10. The number of phenols is 2. The Kier molecular flexibility index (Phi) is 10.5. The van der Waals surface area contributed by atoms with Gasteiger partial charge < -0.3 is 74.7 Å². The van der Waals surface area contributed by atoms with Crippen LogP contribution in [0.15, 0.2) is 46.9 Å². The van der Waals surface area contributed by atoms with Crippen LogP contribution < -0.4 is 9.47 Å². The topological polar surface area (TPSA) is 294 Å². The molecule has 2 aliphatic rings. The number of esters is 1. The molecular formula is C30H33O18+. The van der Waals surface area contributed by atoms with E-state index in [1.54, 1.807) is 0 Å². The fraction of sp³-hybridized carbons (Fsp3) is 0.433.